The fourth-order valence-corrected chi connectivity index (χ4v) is 1.30. The Hall–Kier alpha value is -1.58. The maximum absolute atomic E-state index is 5.46. The van der Waals surface area contributed by atoms with Crippen LogP contribution in [0, 0.1) is 0 Å². The second-order valence-corrected chi connectivity index (χ2v) is 2.99. The molecule has 1 aromatic rings. The predicted octanol–water partition coefficient (Wildman–Crippen LogP) is 2.04. The highest BCUT2D eigenvalue weighted by atomic mass is 16.5. The van der Waals surface area contributed by atoms with Crippen molar-refractivity contribution < 1.29 is 4.74 Å². The molecule has 0 spiro atoms. The quantitative estimate of drug-likeness (QED) is 0.725. The number of ether oxygens (including phenoxy) is 1. The van der Waals surface area contributed by atoms with E-state index < -0.39 is 0 Å². The average molecular weight is 207 g/mol. The Labute approximate surface area is 90.4 Å². The van der Waals surface area contributed by atoms with Crippen LogP contribution in [0.1, 0.15) is 19.4 Å². The van der Waals surface area contributed by atoms with E-state index in [0.29, 0.717) is 12.5 Å². The lowest BCUT2D eigenvalue weighted by Crippen LogP contribution is -2.07. The molecule has 1 aromatic heterocycles. The van der Waals surface area contributed by atoms with Gasteiger partial charge >= 0.3 is 0 Å². The highest BCUT2D eigenvalue weighted by molar-refractivity contribution is 5.48. The molecule has 4 nitrogen and oxygen atoms in total. The van der Waals surface area contributed by atoms with Gasteiger partial charge in [0.05, 0.1) is 5.56 Å². The lowest BCUT2D eigenvalue weighted by Gasteiger charge is -2.11. The molecule has 0 atom stereocenters. The molecule has 0 saturated carbocycles. The van der Waals surface area contributed by atoms with Gasteiger partial charge in [-0.25, -0.2) is 9.97 Å². The summed E-state index contributed by atoms with van der Waals surface area (Å²) in [5.41, 5.74) is 1.02. The van der Waals surface area contributed by atoms with E-state index in [1.807, 2.05) is 6.92 Å². The number of hydrogen-bond acceptors (Lipinski definition) is 4. The molecule has 0 unspecified atom stereocenters. The molecule has 1 N–H and O–H groups in total. The molecule has 1 rings (SSSR count). The van der Waals surface area contributed by atoms with Gasteiger partial charge in [-0.1, -0.05) is 19.6 Å². The zero-order chi connectivity index (χ0) is 11.1. The van der Waals surface area contributed by atoms with Crippen molar-refractivity contribution >= 4 is 5.82 Å². The van der Waals surface area contributed by atoms with Gasteiger partial charge in [-0.2, -0.15) is 0 Å². The molecule has 4 heteroatoms. The smallest absolute Gasteiger partial charge is 0.222 e. The van der Waals surface area contributed by atoms with E-state index in [1.165, 1.54) is 6.33 Å². The van der Waals surface area contributed by atoms with E-state index in [-0.39, 0.29) is 0 Å². The fraction of sp³-hybridized carbons (Fsp3) is 0.455. The van der Waals surface area contributed by atoms with Gasteiger partial charge in [0.25, 0.3) is 0 Å². The molecule has 15 heavy (non-hydrogen) atoms. The Balaban J connectivity index is 2.93. The largest absolute Gasteiger partial charge is 0.473 e. The van der Waals surface area contributed by atoms with Gasteiger partial charge in [-0.05, 0) is 13.3 Å². The first-order chi connectivity index (χ1) is 7.33. The van der Waals surface area contributed by atoms with E-state index in [2.05, 4.69) is 28.8 Å². The molecule has 0 aliphatic carbocycles. The molecule has 0 radical (unpaired) electrons. The summed E-state index contributed by atoms with van der Waals surface area (Å²) in [7, 11) is 0. The summed E-state index contributed by atoms with van der Waals surface area (Å²) in [5, 5.41) is 3.19. The number of aromatic nitrogens is 2. The molecule has 0 amide bonds. The van der Waals surface area contributed by atoms with Crippen LogP contribution >= 0.6 is 0 Å². The monoisotopic (exact) mass is 207 g/mol. The first-order valence-corrected chi connectivity index (χ1v) is 5.14. The minimum absolute atomic E-state index is 0.468. The number of nitrogens with zero attached hydrogens (tertiary/aromatic N) is 2. The van der Waals surface area contributed by atoms with Crippen LogP contribution in [0.2, 0.25) is 0 Å². The topological polar surface area (TPSA) is 47.0 Å². The number of nitrogens with one attached hydrogen (secondary N) is 1. The maximum atomic E-state index is 5.46. The van der Waals surface area contributed by atoms with Crippen molar-refractivity contribution in [2.24, 2.45) is 0 Å². The van der Waals surface area contributed by atoms with Crippen molar-refractivity contribution in [2.75, 3.05) is 18.5 Å². The lowest BCUT2D eigenvalue weighted by molar-refractivity contribution is 0.344. The molecule has 82 valence electrons. The second kappa shape index (κ2) is 6.01. The van der Waals surface area contributed by atoms with Gasteiger partial charge in [0.2, 0.25) is 5.88 Å². The highest BCUT2D eigenvalue weighted by Crippen LogP contribution is 2.22. The molecule has 0 bridgehead atoms. The van der Waals surface area contributed by atoms with Crippen molar-refractivity contribution in [3.8, 4) is 5.88 Å². The van der Waals surface area contributed by atoms with Crippen LogP contribution in [0.3, 0.4) is 0 Å². The standard InChI is InChI=1S/C11H17N3O/c1-4-7-15-11-9(5-2)10(12-6-3)13-8-14-11/h4,8H,1,5-7H2,2-3H3,(H,12,13,14). The van der Waals surface area contributed by atoms with Crippen molar-refractivity contribution in [2.45, 2.75) is 20.3 Å². The van der Waals surface area contributed by atoms with Crippen LogP contribution in [0.15, 0.2) is 19.0 Å². The Bertz CT molecular complexity index is 326. The molecular weight excluding hydrogens is 190 g/mol. The predicted molar refractivity (Wildman–Crippen MR) is 61.3 cm³/mol. The molecule has 0 aliphatic rings. The van der Waals surface area contributed by atoms with Crippen molar-refractivity contribution in [3.63, 3.8) is 0 Å². The van der Waals surface area contributed by atoms with E-state index in [1.54, 1.807) is 6.08 Å². The van der Waals surface area contributed by atoms with Gasteiger partial charge < -0.3 is 10.1 Å². The highest BCUT2D eigenvalue weighted by Gasteiger charge is 2.09. The van der Waals surface area contributed by atoms with Gasteiger partial charge in [0.1, 0.15) is 18.8 Å². The summed E-state index contributed by atoms with van der Waals surface area (Å²) in [6, 6.07) is 0. The van der Waals surface area contributed by atoms with Crippen LogP contribution < -0.4 is 10.1 Å². The fourth-order valence-electron chi connectivity index (χ4n) is 1.30. The summed E-state index contributed by atoms with van der Waals surface area (Å²) in [4.78, 5) is 8.29. The van der Waals surface area contributed by atoms with Crippen LogP contribution in [-0.4, -0.2) is 23.1 Å². The van der Waals surface area contributed by atoms with Crippen LogP contribution in [0.4, 0.5) is 5.82 Å². The van der Waals surface area contributed by atoms with Gasteiger partial charge in [-0.3, -0.25) is 0 Å². The van der Waals surface area contributed by atoms with Crippen molar-refractivity contribution in [3.05, 3.63) is 24.5 Å². The minimum Gasteiger partial charge on any atom is -0.473 e. The summed E-state index contributed by atoms with van der Waals surface area (Å²) >= 11 is 0. The Morgan fingerprint density at radius 1 is 1.47 bits per heavy atom. The minimum atomic E-state index is 0.468. The second-order valence-electron chi connectivity index (χ2n) is 2.99. The Morgan fingerprint density at radius 2 is 2.27 bits per heavy atom. The van der Waals surface area contributed by atoms with E-state index in [0.717, 1.165) is 24.3 Å². The zero-order valence-corrected chi connectivity index (χ0v) is 9.29. The molecule has 0 saturated heterocycles. The third kappa shape index (κ3) is 2.94. The molecule has 0 aliphatic heterocycles. The normalized spacial score (nSPS) is 9.73. The van der Waals surface area contributed by atoms with Crippen molar-refractivity contribution in [1.29, 1.82) is 0 Å². The number of rotatable bonds is 6. The van der Waals surface area contributed by atoms with Crippen LogP contribution in [-0.2, 0) is 6.42 Å². The number of hydrogen-bond donors (Lipinski definition) is 1. The summed E-state index contributed by atoms with van der Waals surface area (Å²) in [6.07, 6.45) is 4.06. The first kappa shape index (κ1) is 11.5. The molecule has 0 aromatic carbocycles. The third-order valence-corrected chi connectivity index (χ3v) is 1.94. The number of anilines is 1. The Kier molecular flexibility index (Phi) is 4.60. The van der Waals surface area contributed by atoms with Gasteiger partial charge in [0, 0.05) is 6.54 Å². The summed E-state index contributed by atoms with van der Waals surface area (Å²) in [5.74, 6) is 1.50. The van der Waals surface area contributed by atoms with E-state index >= 15 is 0 Å². The Morgan fingerprint density at radius 3 is 2.87 bits per heavy atom. The maximum Gasteiger partial charge on any atom is 0.222 e. The lowest BCUT2D eigenvalue weighted by atomic mass is 10.2. The molecular formula is C11H17N3O. The SMILES string of the molecule is C=CCOc1ncnc(NCC)c1CC. The average Bonchev–Trinajstić information content (AvgIpc) is 2.27. The molecule has 0 fully saturated rings. The van der Waals surface area contributed by atoms with Crippen LogP contribution in [0.25, 0.3) is 0 Å². The van der Waals surface area contributed by atoms with Crippen molar-refractivity contribution in [1.82, 2.24) is 9.97 Å². The summed E-state index contributed by atoms with van der Waals surface area (Å²) < 4.78 is 5.46. The summed E-state index contributed by atoms with van der Waals surface area (Å²) in [6.45, 7) is 9.00. The van der Waals surface area contributed by atoms with Gasteiger partial charge in [0.15, 0.2) is 0 Å². The van der Waals surface area contributed by atoms with Gasteiger partial charge in [-0.15, -0.1) is 0 Å². The molecule has 1 heterocycles. The van der Waals surface area contributed by atoms with E-state index in [9.17, 15) is 0 Å². The third-order valence-electron chi connectivity index (χ3n) is 1.94. The first-order valence-electron chi connectivity index (χ1n) is 5.14. The zero-order valence-electron chi connectivity index (χ0n) is 9.29. The van der Waals surface area contributed by atoms with Crippen LogP contribution in [0.5, 0.6) is 5.88 Å². The van der Waals surface area contributed by atoms with E-state index in [4.69, 9.17) is 4.74 Å².